The summed E-state index contributed by atoms with van der Waals surface area (Å²) < 4.78 is 37.9. The number of benzene rings is 1. The number of H-pyrrole nitrogens is 1. The Bertz CT molecular complexity index is 691. The zero-order valence-electron chi connectivity index (χ0n) is 12.3. The smallest absolute Gasteiger partial charge is 0.346 e. The van der Waals surface area contributed by atoms with Gasteiger partial charge in [-0.1, -0.05) is 12.1 Å². The van der Waals surface area contributed by atoms with E-state index in [0.717, 1.165) is 12.1 Å². The summed E-state index contributed by atoms with van der Waals surface area (Å²) in [6.07, 6.45) is -1.79. The lowest BCUT2D eigenvalue weighted by molar-refractivity contribution is -0.137. The van der Waals surface area contributed by atoms with Gasteiger partial charge in [-0.2, -0.15) is 18.3 Å². The molecule has 1 aromatic carbocycles. The number of halogens is 3. The van der Waals surface area contributed by atoms with Crippen LogP contribution in [0.4, 0.5) is 13.2 Å². The van der Waals surface area contributed by atoms with Crippen LogP contribution in [0.25, 0.3) is 0 Å². The van der Waals surface area contributed by atoms with E-state index in [9.17, 15) is 18.0 Å². The SMILES string of the molecule is CC(NC(=O)C1(c2ccc(C(F)(F)F)cc2)CC1)c1ncn[nH]1. The Balaban J connectivity index is 1.75. The van der Waals surface area contributed by atoms with E-state index in [1.165, 1.54) is 18.5 Å². The fraction of sp³-hybridized carbons (Fsp3) is 0.400. The van der Waals surface area contributed by atoms with Gasteiger partial charge >= 0.3 is 6.18 Å². The molecule has 0 bridgehead atoms. The summed E-state index contributed by atoms with van der Waals surface area (Å²) in [5.74, 6) is 0.322. The van der Waals surface area contributed by atoms with Crippen molar-refractivity contribution >= 4 is 5.91 Å². The molecule has 2 N–H and O–H groups in total. The number of aromatic nitrogens is 3. The zero-order valence-corrected chi connectivity index (χ0v) is 12.3. The summed E-state index contributed by atoms with van der Waals surface area (Å²) in [5, 5.41) is 9.24. The minimum atomic E-state index is -4.38. The maximum Gasteiger partial charge on any atom is 0.416 e. The Labute approximate surface area is 130 Å². The minimum absolute atomic E-state index is 0.207. The van der Waals surface area contributed by atoms with Crippen molar-refractivity contribution in [2.75, 3.05) is 0 Å². The Hall–Kier alpha value is -2.38. The van der Waals surface area contributed by atoms with Crippen molar-refractivity contribution in [3.63, 3.8) is 0 Å². The molecule has 1 aliphatic rings. The molecule has 8 heteroatoms. The van der Waals surface area contributed by atoms with E-state index in [1.54, 1.807) is 6.92 Å². The largest absolute Gasteiger partial charge is 0.416 e. The average Bonchev–Trinajstić information content (AvgIpc) is 3.13. The molecule has 1 saturated carbocycles. The first-order chi connectivity index (χ1) is 10.8. The summed E-state index contributed by atoms with van der Waals surface area (Å²) in [4.78, 5) is 16.5. The molecule has 23 heavy (non-hydrogen) atoms. The minimum Gasteiger partial charge on any atom is -0.346 e. The van der Waals surface area contributed by atoms with E-state index in [2.05, 4.69) is 20.5 Å². The maximum absolute atomic E-state index is 12.6. The highest BCUT2D eigenvalue weighted by atomic mass is 19.4. The molecule has 1 unspecified atom stereocenters. The van der Waals surface area contributed by atoms with Gasteiger partial charge in [0.1, 0.15) is 12.2 Å². The normalized spacial score (nSPS) is 17.6. The molecule has 1 heterocycles. The first kappa shape index (κ1) is 15.5. The van der Waals surface area contributed by atoms with E-state index in [4.69, 9.17) is 0 Å². The number of alkyl halides is 3. The van der Waals surface area contributed by atoms with Crippen LogP contribution >= 0.6 is 0 Å². The third-order valence-corrected chi connectivity index (χ3v) is 4.14. The van der Waals surface area contributed by atoms with Gasteiger partial charge in [-0.3, -0.25) is 9.89 Å². The lowest BCUT2D eigenvalue weighted by Crippen LogP contribution is -2.36. The third-order valence-electron chi connectivity index (χ3n) is 4.14. The average molecular weight is 324 g/mol. The topological polar surface area (TPSA) is 70.7 Å². The lowest BCUT2D eigenvalue weighted by atomic mass is 9.93. The monoisotopic (exact) mass is 324 g/mol. The molecule has 5 nitrogen and oxygen atoms in total. The number of hydrogen-bond donors (Lipinski definition) is 2. The molecule has 0 radical (unpaired) electrons. The lowest BCUT2D eigenvalue weighted by Gasteiger charge is -2.19. The number of carbonyl (C=O) groups is 1. The zero-order chi connectivity index (χ0) is 16.7. The first-order valence-electron chi connectivity index (χ1n) is 7.17. The highest BCUT2D eigenvalue weighted by Crippen LogP contribution is 2.49. The Kier molecular flexibility index (Phi) is 3.62. The van der Waals surface area contributed by atoms with Crippen molar-refractivity contribution in [1.29, 1.82) is 0 Å². The molecular formula is C15H15F3N4O. The maximum atomic E-state index is 12.6. The standard InChI is InChI=1S/C15H15F3N4O/c1-9(12-19-8-20-22-12)21-13(23)14(6-7-14)10-2-4-11(5-3-10)15(16,17)18/h2-5,8-9H,6-7H2,1H3,(H,21,23)(H,19,20,22). The van der Waals surface area contributed by atoms with Crippen LogP contribution in [0.2, 0.25) is 0 Å². The van der Waals surface area contributed by atoms with Crippen LogP contribution in [0.15, 0.2) is 30.6 Å². The van der Waals surface area contributed by atoms with E-state index in [0.29, 0.717) is 24.2 Å². The molecule has 1 aliphatic carbocycles. The molecule has 3 rings (SSSR count). The summed E-state index contributed by atoms with van der Waals surface area (Å²) in [6.45, 7) is 1.77. The van der Waals surface area contributed by atoms with Gasteiger partial charge in [0, 0.05) is 0 Å². The summed E-state index contributed by atoms with van der Waals surface area (Å²) >= 11 is 0. The number of hydrogen-bond acceptors (Lipinski definition) is 3. The van der Waals surface area contributed by atoms with Gasteiger partial charge in [0.2, 0.25) is 5.91 Å². The molecule has 122 valence electrons. The van der Waals surface area contributed by atoms with E-state index < -0.39 is 17.2 Å². The molecule has 0 aliphatic heterocycles. The van der Waals surface area contributed by atoms with Gasteiger partial charge in [-0.15, -0.1) is 0 Å². The highest BCUT2D eigenvalue weighted by Gasteiger charge is 2.51. The predicted molar refractivity (Wildman–Crippen MR) is 75.3 cm³/mol. The number of nitrogens with zero attached hydrogens (tertiary/aromatic N) is 2. The summed E-state index contributed by atoms with van der Waals surface area (Å²) in [6, 6.07) is 4.45. The second-order valence-corrected chi connectivity index (χ2v) is 5.72. The van der Waals surface area contributed by atoms with E-state index >= 15 is 0 Å². The first-order valence-corrected chi connectivity index (χ1v) is 7.17. The number of rotatable bonds is 4. The summed E-state index contributed by atoms with van der Waals surface area (Å²) in [7, 11) is 0. The van der Waals surface area contributed by atoms with Crippen molar-refractivity contribution in [3.8, 4) is 0 Å². The van der Waals surface area contributed by atoms with Gasteiger partial charge in [0.15, 0.2) is 0 Å². The molecule has 1 fully saturated rings. The van der Waals surface area contributed by atoms with Crippen LogP contribution in [-0.4, -0.2) is 21.1 Å². The van der Waals surface area contributed by atoms with Crippen LogP contribution in [0.3, 0.4) is 0 Å². The van der Waals surface area contributed by atoms with Gasteiger partial charge < -0.3 is 5.32 Å². The fourth-order valence-corrected chi connectivity index (χ4v) is 2.58. The molecule has 0 saturated heterocycles. The molecule has 1 atom stereocenters. The highest BCUT2D eigenvalue weighted by molar-refractivity contribution is 5.91. The summed E-state index contributed by atoms with van der Waals surface area (Å²) in [5.41, 5.74) is -0.849. The van der Waals surface area contributed by atoms with Crippen molar-refractivity contribution in [2.24, 2.45) is 0 Å². The van der Waals surface area contributed by atoms with Crippen molar-refractivity contribution in [2.45, 2.75) is 37.4 Å². The Morgan fingerprint density at radius 2 is 1.96 bits per heavy atom. The fourth-order valence-electron chi connectivity index (χ4n) is 2.58. The van der Waals surface area contributed by atoms with Crippen molar-refractivity contribution in [1.82, 2.24) is 20.5 Å². The predicted octanol–water partition coefficient (Wildman–Crippen LogP) is 2.73. The second kappa shape index (κ2) is 5.36. The number of aromatic amines is 1. The third kappa shape index (κ3) is 2.93. The molecule has 0 spiro atoms. The van der Waals surface area contributed by atoms with Crippen molar-refractivity contribution in [3.05, 3.63) is 47.5 Å². The van der Waals surface area contributed by atoms with Crippen LogP contribution in [0.5, 0.6) is 0 Å². The number of nitrogens with one attached hydrogen (secondary N) is 2. The van der Waals surface area contributed by atoms with Crippen LogP contribution < -0.4 is 5.32 Å². The Morgan fingerprint density at radius 1 is 1.30 bits per heavy atom. The van der Waals surface area contributed by atoms with Gasteiger partial charge in [-0.25, -0.2) is 4.98 Å². The molecule has 2 aromatic rings. The van der Waals surface area contributed by atoms with Gasteiger partial charge in [-0.05, 0) is 37.5 Å². The molecule has 1 aromatic heterocycles. The second-order valence-electron chi connectivity index (χ2n) is 5.72. The molecule has 1 amide bonds. The van der Waals surface area contributed by atoms with Gasteiger partial charge in [0.25, 0.3) is 0 Å². The quantitative estimate of drug-likeness (QED) is 0.908. The van der Waals surface area contributed by atoms with Gasteiger partial charge in [0.05, 0.1) is 17.0 Å². The number of amides is 1. The number of carbonyl (C=O) groups excluding carboxylic acids is 1. The van der Waals surface area contributed by atoms with Crippen LogP contribution in [0, 0.1) is 0 Å². The van der Waals surface area contributed by atoms with E-state index in [1.807, 2.05) is 0 Å². The van der Waals surface area contributed by atoms with E-state index in [-0.39, 0.29) is 11.9 Å². The Morgan fingerprint density at radius 3 is 2.43 bits per heavy atom. The van der Waals surface area contributed by atoms with Crippen LogP contribution in [0.1, 0.15) is 42.8 Å². The molecular weight excluding hydrogens is 309 g/mol. The van der Waals surface area contributed by atoms with Crippen molar-refractivity contribution < 1.29 is 18.0 Å². The van der Waals surface area contributed by atoms with Crippen LogP contribution in [-0.2, 0) is 16.4 Å².